The van der Waals surface area contributed by atoms with E-state index in [4.69, 9.17) is 11.1 Å². The molecule has 1 amide bonds. The first-order valence-electron chi connectivity index (χ1n) is 5.50. The maximum Gasteiger partial charge on any atom is 0.422 e. The Labute approximate surface area is 107 Å². The van der Waals surface area contributed by atoms with Crippen molar-refractivity contribution in [1.82, 2.24) is 9.03 Å². The van der Waals surface area contributed by atoms with Gasteiger partial charge < -0.3 is 10.5 Å². The van der Waals surface area contributed by atoms with Crippen molar-refractivity contribution in [2.75, 3.05) is 13.1 Å². The van der Waals surface area contributed by atoms with Crippen molar-refractivity contribution in [3.63, 3.8) is 0 Å². The van der Waals surface area contributed by atoms with Crippen LogP contribution in [0.1, 0.15) is 27.2 Å². The minimum atomic E-state index is -4.04. The van der Waals surface area contributed by atoms with E-state index in [1.54, 1.807) is 25.5 Å². The van der Waals surface area contributed by atoms with Crippen LogP contribution >= 0.6 is 0 Å². The Morgan fingerprint density at radius 1 is 1.50 bits per heavy atom. The molecular formula is C9H20N4O4S. The molecule has 0 unspecified atom stereocenters. The first kappa shape index (κ1) is 16.6. The third-order valence-electron chi connectivity index (χ3n) is 1.71. The molecule has 0 aromatic heterocycles. The maximum absolute atomic E-state index is 11.8. The zero-order valence-corrected chi connectivity index (χ0v) is 11.6. The van der Waals surface area contributed by atoms with Crippen molar-refractivity contribution in [3.05, 3.63) is 0 Å². The van der Waals surface area contributed by atoms with Crippen LogP contribution in [0.2, 0.25) is 0 Å². The smallest absolute Gasteiger partial charge is 0.422 e. The van der Waals surface area contributed by atoms with Crippen LogP contribution < -0.4 is 10.5 Å². The number of nitrogens with two attached hydrogens (primary N) is 1. The molecule has 106 valence electrons. The minimum absolute atomic E-state index is 0.157. The molecule has 4 N–H and O–H groups in total. The van der Waals surface area contributed by atoms with Crippen LogP contribution in [0.4, 0.5) is 4.79 Å². The topological polar surface area (TPSA) is 126 Å². The molecule has 0 aliphatic rings. The van der Waals surface area contributed by atoms with Gasteiger partial charge in [0.1, 0.15) is 5.84 Å². The molecule has 0 heterocycles. The van der Waals surface area contributed by atoms with Gasteiger partial charge in [0.15, 0.2) is 0 Å². The number of carbonyl (C=O) groups excluding carboxylic acids is 1. The van der Waals surface area contributed by atoms with Gasteiger partial charge in [-0.25, -0.2) is 9.52 Å². The van der Waals surface area contributed by atoms with Gasteiger partial charge in [-0.1, -0.05) is 6.92 Å². The fourth-order valence-corrected chi connectivity index (χ4v) is 2.25. The summed E-state index contributed by atoms with van der Waals surface area (Å²) in [5.74, 6) is -0.300. The van der Waals surface area contributed by atoms with Gasteiger partial charge in [-0.2, -0.15) is 12.7 Å². The Kier molecular flexibility index (Phi) is 6.63. The third-order valence-corrected chi connectivity index (χ3v) is 3.13. The Morgan fingerprint density at radius 2 is 2.06 bits per heavy atom. The number of nitrogens with zero attached hydrogens (tertiary/aromatic N) is 1. The van der Waals surface area contributed by atoms with E-state index < -0.39 is 22.4 Å². The van der Waals surface area contributed by atoms with Gasteiger partial charge in [0, 0.05) is 6.54 Å². The highest BCUT2D eigenvalue weighted by Gasteiger charge is 2.25. The molecule has 0 aliphatic carbocycles. The molecule has 0 aromatic carbocycles. The van der Waals surface area contributed by atoms with Crippen LogP contribution in [0.3, 0.4) is 0 Å². The molecule has 0 spiro atoms. The summed E-state index contributed by atoms with van der Waals surface area (Å²) >= 11 is 0. The quantitative estimate of drug-likeness (QED) is 0.447. The standard InChI is InChI=1S/C9H20N4O4S/c1-4-5-13(6-8(10)11)18(15,16)12-9(14)17-7(2)3/h7H,4-6H2,1-3H3,(H3,10,11)(H,12,14). The highest BCUT2D eigenvalue weighted by Crippen LogP contribution is 2.01. The van der Waals surface area contributed by atoms with Gasteiger partial charge in [-0.05, 0) is 20.3 Å². The van der Waals surface area contributed by atoms with Gasteiger partial charge in [0.2, 0.25) is 0 Å². The molecule has 18 heavy (non-hydrogen) atoms. The van der Waals surface area contributed by atoms with Crippen molar-refractivity contribution in [1.29, 1.82) is 5.41 Å². The van der Waals surface area contributed by atoms with Gasteiger partial charge in [-0.15, -0.1) is 0 Å². The summed E-state index contributed by atoms with van der Waals surface area (Å²) in [5, 5.41) is 7.11. The number of ether oxygens (including phenoxy) is 1. The van der Waals surface area contributed by atoms with Crippen molar-refractivity contribution in [3.8, 4) is 0 Å². The molecule has 9 heteroatoms. The normalized spacial score (nSPS) is 11.6. The van der Waals surface area contributed by atoms with Gasteiger partial charge in [0.25, 0.3) is 0 Å². The first-order chi connectivity index (χ1) is 8.19. The summed E-state index contributed by atoms with van der Waals surface area (Å²) in [7, 11) is -4.04. The summed E-state index contributed by atoms with van der Waals surface area (Å²) in [5.41, 5.74) is 5.17. The molecule has 0 aromatic rings. The Morgan fingerprint density at radius 3 is 2.44 bits per heavy atom. The SMILES string of the molecule is CCCN(CC(=N)N)S(=O)(=O)NC(=O)OC(C)C. The average molecular weight is 280 g/mol. The maximum atomic E-state index is 11.8. The van der Waals surface area contributed by atoms with Crippen molar-refractivity contribution in [2.45, 2.75) is 33.3 Å². The second-order valence-electron chi connectivity index (χ2n) is 3.92. The second-order valence-corrected chi connectivity index (χ2v) is 5.59. The lowest BCUT2D eigenvalue weighted by Gasteiger charge is -2.21. The molecule has 0 saturated heterocycles. The number of carbonyl (C=O) groups is 1. The average Bonchev–Trinajstić information content (AvgIpc) is 2.13. The molecule has 0 saturated carbocycles. The highest BCUT2D eigenvalue weighted by molar-refractivity contribution is 7.87. The molecule has 0 rings (SSSR count). The van der Waals surface area contributed by atoms with Crippen molar-refractivity contribution in [2.24, 2.45) is 5.73 Å². The van der Waals surface area contributed by atoms with Crippen LogP contribution in [0.5, 0.6) is 0 Å². The molecule has 0 radical (unpaired) electrons. The molecule has 0 fully saturated rings. The van der Waals surface area contributed by atoms with E-state index in [-0.39, 0.29) is 18.9 Å². The van der Waals surface area contributed by atoms with Crippen molar-refractivity contribution >= 4 is 22.1 Å². The third kappa shape index (κ3) is 6.40. The Bertz CT molecular complexity index is 393. The number of amidine groups is 1. The van der Waals surface area contributed by atoms with E-state index in [9.17, 15) is 13.2 Å². The first-order valence-corrected chi connectivity index (χ1v) is 6.94. The summed E-state index contributed by atoms with van der Waals surface area (Å²) in [4.78, 5) is 11.2. The van der Waals surface area contributed by atoms with E-state index in [0.717, 1.165) is 4.31 Å². The number of amides is 1. The fraction of sp³-hybridized carbons (Fsp3) is 0.778. The monoisotopic (exact) mass is 280 g/mol. The van der Waals surface area contributed by atoms with Crippen LogP contribution in [-0.2, 0) is 14.9 Å². The largest absolute Gasteiger partial charge is 0.446 e. The molecule has 0 aliphatic heterocycles. The second kappa shape index (κ2) is 7.17. The number of hydrogen-bond acceptors (Lipinski definition) is 5. The van der Waals surface area contributed by atoms with Crippen LogP contribution in [-0.4, -0.2) is 43.8 Å². The molecule has 0 bridgehead atoms. The van der Waals surface area contributed by atoms with E-state index in [1.165, 1.54) is 0 Å². The lowest BCUT2D eigenvalue weighted by molar-refractivity contribution is 0.121. The number of rotatable bonds is 7. The Balaban J connectivity index is 4.74. The lowest BCUT2D eigenvalue weighted by atomic mass is 10.4. The molecular weight excluding hydrogens is 260 g/mol. The van der Waals surface area contributed by atoms with E-state index in [2.05, 4.69) is 4.74 Å². The summed E-state index contributed by atoms with van der Waals surface area (Å²) in [6.07, 6.45) is -0.935. The Hall–Kier alpha value is -1.35. The van der Waals surface area contributed by atoms with Gasteiger partial charge in [-0.3, -0.25) is 5.41 Å². The van der Waals surface area contributed by atoms with E-state index in [0.29, 0.717) is 6.42 Å². The van der Waals surface area contributed by atoms with Crippen LogP contribution in [0.25, 0.3) is 0 Å². The minimum Gasteiger partial charge on any atom is -0.446 e. The van der Waals surface area contributed by atoms with Crippen LogP contribution in [0.15, 0.2) is 0 Å². The zero-order valence-electron chi connectivity index (χ0n) is 10.8. The summed E-state index contributed by atoms with van der Waals surface area (Å²) in [6, 6.07) is 0. The molecule has 0 atom stereocenters. The number of hydrogen-bond donors (Lipinski definition) is 3. The highest BCUT2D eigenvalue weighted by atomic mass is 32.2. The predicted molar refractivity (Wildman–Crippen MR) is 67.5 cm³/mol. The summed E-state index contributed by atoms with van der Waals surface area (Å²) < 4.78 is 31.0. The van der Waals surface area contributed by atoms with Gasteiger partial charge in [0.05, 0.1) is 12.6 Å². The van der Waals surface area contributed by atoms with Gasteiger partial charge >= 0.3 is 16.3 Å². The molecule has 8 nitrogen and oxygen atoms in total. The van der Waals surface area contributed by atoms with E-state index >= 15 is 0 Å². The summed E-state index contributed by atoms with van der Waals surface area (Å²) in [6.45, 7) is 4.87. The van der Waals surface area contributed by atoms with E-state index in [1.807, 2.05) is 0 Å². The van der Waals surface area contributed by atoms with Crippen LogP contribution in [0, 0.1) is 5.41 Å². The zero-order chi connectivity index (χ0) is 14.3. The predicted octanol–water partition coefficient (Wildman–Crippen LogP) is 0.0138. The lowest BCUT2D eigenvalue weighted by Crippen LogP contribution is -2.47. The number of nitrogens with one attached hydrogen (secondary N) is 2. The van der Waals surface area contributed by atoms with Crippen molar-refractivity contribution < 1.29 is 17.9 Å². The fourth-order valence-electron chi connectivity index (χ4n) is 1.13.